The Bertz CT molecular complexity index is 743. The second-order valence-corrected chi connectivity index (χ2v) is 8.66. The van der Waals surface area contributed by atoms with Gasteiger partial charge >= 0.3 is 5.97 Å². The van der Waals surface area contributed by atoms with Gasteiger partial charge < -0.3 is 9.64 Å². The maximum absolute atomic E-state index is 12.5. The molecule has 1 rings (SSSR count). The molecule has 0 aliphatic carbocycles. The van der Waals surface area contributed by atoms with Gasteiger partial charge in [0.1, 0.15) is 0 Å². The van der Waals surface area contributed by atoms with Crippen molar-refractivity contribution in [1.29, 1.82) is 0 Å². The molecular formula is C14H10Cl2I3NO5. The van der Waals surface area contributed by atoms with E-state index in [9.17, 15) is 19.2 Å². The average molecular weight is 724 g/mol. The van der Waals surface area contributed by atoms with Crippen LogP contribution >= 0.6 is 91.0 Å². The highest BCUT2D eigenvalue weighted by atomic mass is 127. The first-order valence-corrected chi connectivity index (χ1v) is 10.5. The third-order valence-corrected chi connectivity index (χ3v) is 6.60. The van der Waals surface area contributed by atoms with Crippen LogP contribution in [0.25, 0.3) is 0 Å². The summed E-state index contributed by atoms with van der Waals surface area (Å²) in [6.45, 7) is 2.62. The number of hydrogen-bond acceptors (Lipinski definition) is 5. The fraction of sp³-hybridized carbons (Fsp3) is 0.286. The number of hydrogen-bond donors (Lipinski definition) is 0. The van der Waals surface area contributed by atoms with Crippen LogP contribution < -0.4 is 4.90 Å². The quantitative estimate of drug-likeness (QED) is 0.259. The van der Waals surface area contributed by atoms with E-state index >= 15 is 0 Å². The number of likely N-dealkylation sites (N-methyl/N-ethyl adjacent to an activating group) is 1. The molecule has 0 saturated carbocycles. The minimum absolute atomic E-state index is 0.0853. The molecule has 136 valence electrons. The molecule has 0 radical (unpaired) electrons. The molecule has 1 amide bonds. The van der Waals surface area contributed by atoms with Gasteiger partial charge in [0.25, 0.3) is 16.4 Å². The number of nitrogens with zero attached hydrogens (tertiary/aromatic N) is 1. The van der Waals surface area contributed by atoms with Crippen molar-refractivity contribution in [3.8, 4) is 0 Å². The van der Waals surface area contributed by atoms with Crippen LogP contribution in [0.3, 0.4) is 0 Å². The highest BCUT2D eigenvalue weighted by Gasteiger charge is 2.31. The highest BCUT2D eigenvalue weighted by Crippen LogP contribution is 2.39. The minimum atomic E-state index is -1.04. The van der Waals surface area contributed by atoms with E-state index in [2.05, 4.69) is 0 Å². The molecule has 0 heterocycles. The van der Waals surface area contributed by atoms with Gasteiger partial charge in [-0.3, -0.25) is 19.2 Å². The van der Waals surface area contributed by atoms with Crippen molar-refractivity contribution in [2.24, 2.45) is 0 Å². The van der Waals surface area contributed by atoms with Crippen LogP contribution in [0.4, 0.5) is 5.69 Å². The van der Waals surface area contributed by atoms with Crippen molar-refractivity contribution in [2.45, 2.75) is 20.0 Å². The fourth-order valence-electron chi connectivity index (χ4n) is 1.97. The Labute approximate surface area is 194 Å². The topological polar surface area (TPSA) is 80.8 Å². The van der Waals surface area contributed by atoms with E-state index in [1.165, 1.54) is 25.8 Å². The first-order valence-electron chi connectivity index (χ1n) is 6.46. The predicted octanol–water partition coefficient (Wildman–Crippen LogP) is 4.17. The number of carbonyl (C=O) groups is 4. The molecule has 6 nitrogen and oxygen atoms in total. The summed E-state index contributed by atoms with van der Waals surface area (Å²) >= 11 is 16.9. The Morgan fingerprint density at radius 3 is 1.68 bits per heavy atom. The number of esters is 1. The molecular weight excluding hydrogens is 714 g/mol. The maximum Gasteiger partial charge on any atom is 0.303 e. The molecule has 0 aliphatic rings. The summed E-state index contributed by atoms with van der Waals surface area (Å²) in [5.41, 5.74) is 0.461. The van der Waals surface area contributed by atoms with Crippen molar-refractivity contribution in [1.82, 2.24) is 0 Å². The highest BCUT2D eigenvalue weighted by molar-refractivity contribution is 14.1. The van der Waals surface area contributed by atoms with Gasteiger partial charge in [-0.1, -0.05) is 0 Å². The van der Waals surface area contributed by atoms with E-state index < -0.39 is 28.5 Å². The normalized spacial score (nSPS) is 11.7. The molecule has 0 saturated heterocycles. The zero-order valence-electron chi connectivity index (χ0n) is 13.0. The molecule has 0 aromatic heterocycles. The van der Waals surface area contributed by atoms with Gasteiger partial charge in [-0.05, 0) is 97.9 Å². The average Bonchev–Trinajstić information content (AvgIpc) is 2.44. The molecule has 25 heavy (non-hydrogen) atoms. The smallest absolute Gasteiger partial charge is 0.303 e. The second-order valence-electron chi connectivity index (χ2n) is 4.74. The summed E-state index contributed by atoms with van der Waals surface area (Å²) in [6, 6.07) is 0. The second kappa shape index (κ2) is 9.46. The van der Waals surface area contributed by atoms with Crippen LogP contribution in [0.5, 0.6) is 0 Å². The van der Waals surface area contributed by atoms with Crippen LogP contribution in [-0.2, 0) is 14.3 Å². The van der Waals surface area contributed by atoms with Gasteiger partial charge in [0.2, 0.25) is 0 Å². The van der Waals surface area contributed by atoms with Crippen LogP contribution in [-0.4, -0.2) is 35.5 Å². The van der Waals surface area contributed by atoms with Crippen LogP contribution in [0.15, 0.2) is 0 Å². The molecule has 0 N–H and O–H groups in total. The van der Waals surface area contributed by atoms with E-state index in [1.54, 1.807) is 0 Å². The summed E-state index contributed by atoms with van der Waals surface area (Å²) in [5.74, 6) is -1.14. The zero-order chi connectivity index (χ0) is 19.6. The van der Waals surface area contributed by atoms with Gasteiger partial charge in [0.05, 0.1) is 24.0 Å². The van der Waals surface area contributed by atoms with Gasteiger partial charge in [-0.2, -0.15) is 0 Å². The standard InChI is InChI=1S/C14H10Cl2I3NO5/c1-4(25-5(2)21)14(24)20(3)11-9(18)6(12(15)22)8(17)7(10(11)19)13(16)23/h4H,1-3H3/t4-/m0/s1. The van der Waals surface area contributed by atoms with E-state index in [4.69, 9.17) is 27.9 Å². The summed E-state index contributed by atoms with van der Waals surface area (Å²) in [6.07, 6.45) is -1.04. The molecule has 1 aromatic carbocycles. The monoisotopic (exact) mass is 723 g/mol. The lowest BCUT2D eigenvalue weighted by Crippen LogP contribution is -2.38. The van der Waals surface area contributed by atoms with Gasteiger partial charge in [0.15, 0.2) is 6.10 Å². The van der Waals surface area contributed by atoms with Crippen molar-refractivity contribution in [3.63, 3.8) is 0 Å². The maximum atomic E-state index is 12.5. The summed E-state index contributed by atoms with van der Waals surface area (Å²) in [7, 11) is 1.44. The molecule has 0 unspecified atom stereocenters. The first-order chi connectivity index (χ1) is 11.4. The number of carbonyl (C=O) groups excluding carboxylic acids is 4. The van der Waals surface area contributed by atoms with Gasteiger partial charge in [-0.15, -0.1) is 0 Å². The Hall–Kier alpha value is 0.270. The largest absolute Gasteiger partial charge is 0.453 e. The number of ether oxygens (including phenoxy) is 1. The van der Waals surface area contributed by atoms with Gasteiger partial charge in [0, 0.05) is 17.5 Å². The third kappa shape index (κ3) is 5.17. The molecule has 11 heteroatoms. The lowest BCUT2D eigenvalue weighted by molar-refractivity contribution is -0.151. The van der Waals surface area contributed by atoms with Gasteiger partial charge in [-0.25, -0.2) is 0 Å². The molecule has 0 spiro atoms. The summed E-state index contributed by atoms with van der Waals surface area (Å²) in [5, 5.41) is -1.56. The third-order valence-electron chi connectivity index (χ3n) is 3.04. The fourth-order valence-corrected chi connectivity index (χ4v) is 7.86. The van der Waals surface area contributed by atoms with E-state index in [0.717, 1.165) is 0 Å². The van der Waals surface area contributed by atoms with Crippen LogP contribution in [0.2, 0.25) is 0 Å². The molecule has 0 aliphatic heterocycles. The number of rotatable bonds is 5. The van der Waals surface area contributed by atoms with E-state index in [-0.39, 0.29) is 11.1 Å². The van der Waals surface area contributed by atoms with Crippen molar-refractivity contribution in [3.05, 3.63) is 21.8 Å². The summed E-state index contributed by atoms with van der Waals surface area (Å²) in [4.78, 5) is 48.5. The predicted molar refractivity (Wildman–Crippen MR) is 120 cm³/mol. The number of amides is 1. The van der Waals surface area contributed by atoms with Crippen LogP contribution in [0.1, 0.15) is 34.6 Å². The first kappa shape index (κ1) is 23.3. The lowest BCUT2D eigenvalue weighted by atomic mass is 10.1. The Balaban J connectivity index is 3.64. The minimum Gasteiger partial charge on any atom is -0.453 e. The number of halogens is 5. The Morgan fingerprint density at radius 2 is 1.36 bits per heavy atom. The Morgan fingerprint density at radius 1 is 0.960 bits per heavy atom. The van der Waals surface area contributed by atoms with Crippen molar-refractivity contribution >= 4 is 119 Å². The Kier molecular flexibility index (Phi) is 8.82. The lowest BCUT2D eigenvalue weighted by Gasteiger charge is -2.25. The molecule has 1 aromatic rings. The van der Waals surface area contributed by atoms with E-state index in [0.29, 0.717) is 16.4 Å². The van der Waals surface area contributed by atoms with Crippen LogP contribution in [0, 0.1) is 10.7 Å². The van der Waals surface area contributed by atoms with Crippen molar-refractivity contribution < 1.29 is 23.9 Å². The molecule has 0 fully saturated rings. The molecule has 0 bridgehead atoms. The summed E-state index contributed by atoms with van der Waals surface area (Å²) < 4.78 is 5.98. The SMILES string of the molecule is CC(=O)O[C@@H](C)C(=O)N(C)c1c(I)c(C(=O)Cl)c(I)c(C(=O)Cl)c1I. The number of anilines is 1. The number of benzene rings is 1. The van der Waals surface area contributed by atoms with E-state index in [1.807, 2.05) is 67.8 Å². The molecule has 1 atom stereocenters. The zero-order valence-corrected chi connectivity index (χ0v) is 20.9. The van der Waals surface area contributed by atoms with Crippen molar-refractivity contribution in [2.75, 3.05) is 11.9 Å².